The lowest BCUT2D eigenvalue weighted by Gasteiger charge is -2.10. The van der Waals surface area contributed by atoms with Crippen LogP contribution in [-0.2, 0) is 0 Å². The standard InChI is InChI=1S/C10H5ClF3OS/c1-5-2-6-3-8(15-10(12,13)14)7(11)4-9(6)16-5/h2-4H,1H2. The van der Waals surface area contributed by atoms with Gasteiger partial charge < -0.3 is 4.74 Å². The average molecular weight is 266 g/mol. The maximum absolute atomic E-state index is 12.0. The molecule has 1 aromatic heterocycles. The van der Waals surface area contributed by atoms with Crippen LogP contribution in [0.3, 0.4) is 0 Å². The van der Waals surface area contributed by atoms with E-state index in [1.165, 1.54) is 23.5 Å². The summed E-state index contributed by atoms with van der Waals surface area (Å²) in [5.74, 6) is -0.389. The Hall–Kier alpha value is -0.940. The largest absolute Gasteiger partial charge is 0.573 e. The monoisotopic (exact) mass is 265 g/mol. The minimum atomic E-state index is -4.74. The molecule has 0 aliphatic heterocycles. The van der Waals surface area contributed by atoms with Crippen molar-refractivity contribution in [2.75, 3.05) is 0 Å². The molecule has 6 heteroatoms. The van der Waals surface area contributed by atoms with Crippen molar-refractivity contribution in [1.29, 1.82) is 0 Å². The van der Waals surface area contributed by atoms with Gasteiger partial charge in [0.2, 0.25) is 0 Å². The molecule has 85 valence electrons. The Bertz CT molecular complexity index is 533. The summed E-state index contributed by atoms with van der Waals surface area (Å²) in [7, 11) is 0. The van der Waals surface area contributed by atoms with Crippen LogP contribution in [0, 0.1) is 6.92 Å². The summed E-state index contributed by atoms with van der Waals surface area (Å²) in [6, 6.07) is 4.38. The number of thiophene rings is 1. The van der Waals surface area contributed by atoms with E-state index < -0.39 is 6.36 Å². The first kappa shape index (κ1) is 11.5. The number of halogens is 4. The molecule has 0 aliphatic carbocycles. The zero-order valence-electron chi connectivity index (χ0n) is 7.77. The predicted molar refractivity (Wildman–Crippen MR) is 58.0 cm³/mol. The second-order valence-corrected chi connectivity index (χ2v) is 4.66. The molecule has 1 nitrogen and oxygen atoms in total. The molecule has 1 radical (unpaired) electrons. The maximum Gasteiger partial charge on any atom is 0.573 e. The molecule has 0 saturated carbocycles. The fourth-order valence-electron chi connectivity index (χ4n) is 1.30. The Labute approximate surface area is 98.4 Å². The fourth-order valence-corrected chi connectivity index (χ4v) is 2.45. The number of fused-ring (bicyclic) bond motifs is 1. The van der Waals surface area contributed by atoms with E-state index in [-0.39, 0.29) is 10.8 Å². The third-order valence-electron chi connectivity index (χ3n) is 1.85. The van der Waals surface area contributed by atoms with E-state index in [0.717, 1.165) is 9.58 Å². The molecule has 16 heavy (non-hydrogen) atoms. The van der Waals surface area contributed by atoms with E-state index in [0.29, 0.717) is 5.39 Å². The Morgan fingerprint density at radius 3 is 2.56 bits per heavy atom. The lowest BCUT2D eigenvalue weighted by molar-refractivity contribution is -0.274. The molecule has 1 aromatic carbocycles. The Balaban J connectivity index is 2.49. The van der Waals surface area contributed by atoms with E-state index in [2.05, 4.69) is 11.7 Å². The van der Waals surface area contributed by atoms with Crippen molar-refractivity contribution in [2.45, 2.75) is 6.36 Å². The first-order chi connectivity index (χ1) is 7.35. The van der Waals surface area contributed by atoms with Gasteiger partial charge in [0.05, 0.1) is 5.02 Å². The molecular weight excluding hydrogens is 261 g/mol. The van der Waals surface area contributed by atoms with Crippen LogP contribution in [0.15, 0.2) is 18.2 Å². The van der Waals surface area contributed by atoms with Gasteiger partial charge in [-0.05, 0) is 30.5 Å². The SMILES string of the molecule is [CH2]c1cc2cc(OC(F)(F)F)c(Cl)cc2s1. The van der Waals surface area contributed by atoms with Crippen molar-refractivity contribution in [2.24, 2.45) is 0 Å². The van der Waals surface area contributed by atoms with Gasteiger partial charge in [-0.25, -0.2) is 0 Å². The van der Waals surface area contributed by atoms with Gasteiger partial charge in [-0.3, -0.25) is 0 Å². The number of rotatable bonds is 1. The molecule has 0 bridgehead atoms. The molecular formula is C10H5ClF3OS. The highest BCUT2D eigenvalue weighted by atomic mass is 35.5. The van der Waals surface area contributed by atoms with Crippen LogP contribution < -0.4 is 4.74 Å². The molecule has 2 aromatic rings. The highest BCUT2D eigenvalue weighted by Crippen LogP contribution is 2.36. The van der Waals surface area contributed by atoms with Gasteiger partial charge in [-0.15, -0.1) is 24.5 Å². The Kier molecular flexibility index (Phi) is 2.75. The second kappa shape index (κ2) is 3.82. The molecule has 0 unspecified atom stereocenters. The van der Waals surface area contributed by atoms with Gasteiger partial charge in [0, 0.05) is 9.58 Å². The van der Waals surface area contributed by atoms with E-state index in [1.807, 2.05) is 0 Å². The summed E-state index contributed by atoms with van der Waals surface area (Å²) in [6.45, 7) is 3.70. The van der Waals surface area contributed by atoms with Gasteiger partial charge in [0.25, 0.3) is 0 Å². The lowest BCUT2D eigenvalue weighted by Crippen LogP contribution is -2.17. The lowest BCUT2D eigenvalue weighted by atomic mass is 10.2. The van der Waals surface area contributed by atoms with Crippen LogP contribution in [0.25, 0.3) is 10.1 Å². The number of benzene rings is 1. The van der Waals surface area contributed by atoms with Crippen molar-refractivity contribution in [1.82, 2.24) is 0 Å². The molecule has 0 fully saturated rings. The molecule has 0 N–H and O–H groups in total. The third kappa shape index (κ3) is 2.41. The molecule has 0 spiro atoms. The molecule has 1 heterocycles. The summed E-state index contributed by atoms with van der Waals surface area (Å²) in [4.78, 5) is 0.759. The fraction of sp³-hybridized carbons (Fsp3) is 0.100. The van der Waals surface area contributed by atoms with Crippen molar-refractivity contribution in [3.05, 3.63) is 35.0 Å². The highest BCUT2D eigenvalue weighted by Gasteiger charge is 2.32. The quantitative estimate of drug-likeness (QED) is 0.730. The van der Waals surface area contributed by atoms with Crippen LogP contribution in [-0.4, -0.2) is 6.36 Å². The Morgan fingerprint density at radius 1 is 1.25 bits per heavy atom. The van der Waals surface area contributed by atoms with Crippen LogP contribution in [0.2, 0.25) is 5.02 Å². The predicted octanol–water partition coefficient (Wildman–Crippen LogP) is 4.64. The van der Waals surface area contributed by atoms with E-state index >= 15 is 0 Å². The minimum absolute atomic E-state index is 0.0633. The highest BCUT2D eigenvalue weighted by molar-refractivity contribution is 7.19. The van der Waals surface area contributed by atoms with Crippen molar-refractivity contribution in [3.63, 3.8) is 0 Å². The van der Waals surface area contributed by atoms with Gasteiger partial charge in [0.1, 0.15) is 5.75 Å². The van der Waals surface area contributed by atoms with Crippen LogP contribution in [0.1, 0.15) is 4.88 Å². The summed E-state index contributed by atoms with van der Waals surface area (Å²) in [5, 5.41) is 0.574. The van der Waals surface area contributed by atoms with Crippen LogP contribution >= 0.6 is 22.9 Å². The smallest absolute Gasteiger partial charge is 0.404 e. The van der Waals surface area contributed by atoms with E-state index in [1.54, 1.807) is 6.07 Å². The molecule has 0 saturated heterocycles. The number of hydrogen-bond donors (Lipinski definition) is 0. The first-order valence-corrected chi connectivity index (χ1v) is 5.35. The summed E-state index contributed by atoms with van der Waals surface area (Å²) in [5.41, 5.74) is 0. The molecule has 0 atom stereocenters. The first-order valence-electron chi connectivity index (χ1n) is 4.16. The van der Waals surface area contributed by atoms with Crippen molar-refractivity contribution < 1.29 is 17.9 Å². The third-order valence-corrected chi connectivity index (χ3v) is 3.10. The maximum atomic E-state index is 12.0. The zero-order valence-corrected chi connectivity index (χ0v) is 9.34. The number of ether oxygens (including phenoxy) is 1. The summed E-state index contributed by atoms with van der Waals surface area (Å²) < 4.78 is 40.7. The van der Waals surface area contributed by atoms with Crippen molar-refractivity contribution in [3.8, 4) is 5.75 Å². The minimum Gasteiger partial charge on any atom is -0.404 e. The Morgan fingerprint density at radius 2 is 1.94 bits per heavy atom. The van der Waals surface area contributed by atoms with E-state index in [4.69, 9.17) is 11.6 Å². The summed E-state index contributed by atoms with van der Waals surface area (Å²) >= 11 is 7.04. The van der Waals surface area contributed by atoms with Crippen molar-refractivity contribution >= 4 is 33.0 Å². The summed E-state index contributed by atoms with van der Waals surface area (Å²) in [6.07, 6.45) is -4.74. The van der Waals surface area contributed by atoms with Gasteiger partial charge in [-0.2, -0.15) is 0 Å². The normalized spacial score (nSPS) is 12.1. The van der Waals surface area contributed by atoms with Gasteiger partial charge in [-0.1, -0.05) is 11.6 Å². The van der Waals surface area contributed by atoms with E-state index in [9.17, 15) is 13.2 Å². The zero-order chi connectivity index (χ0) is 11.9. The average Bonchev–Trinajstić information content (AvgIpc) is 2.42. The molecule has 2 rings (SSSR count). The molecule has 0 amide bonds. The van der Waals surface area contributed by atoms with Crippen LogP contribution in [0.5, 0.6) is 5.75 Å². The van der Waals surface area contributed by atoms with Gasteiger partial charge in [0.15, 0.2) is 0 Å². The van der Waals surface area contributed by atoms with Crippen LogP contribution in [0.4, 0.5) is 13.2 Å². The number of alkyl halides is 3. The topological polar surface area (TPSA) is 9.23 Å². The molecule has 0 aliphatic rings. The van der Waals surface area contributed by atoms with Gasteiger partial charge >= 0.3 is 6.36 Å². The second-order valence-electron chi connectivity index (χ2n) is 3.08. The number of hydrogen-bond acceptors (Lipinski definition) is 2.